The van der Waals surface area contributed by atoms with E-state index in [4.69, 9.17) is 15.1 Å². The Morgan fingerprint density at radius 2 is 2.05 bits per heavy atom. The fraction of sp³-hybridized carbons (Fsp3) is 0.429. The van der Waals surface area contributed by atoms with Crippen molar-refractivity contribution in [1.29, 1.82) is 0 Å². The lowest BCUT2D eigenvalue weighted by Gasteiger charge is -2.19. The van der Waals surface area contributed by atoms with E-state index in [1.54, 1.807) is 6.92 Å². The molecule has 0 spiro atoms. The van der Waals surface area contributed by atoms with Gasteiger partial charge in [-0.25, -0.2) is 4.79 Å². The lowest BCUT2D eigenvalue weighted by Crippen LogP contribution is -2.26. The molecular formula is C14H19NO4. The molecule has 0 bridgehead atoms. The quantitative estimate of drug-likeness (QED) is 0.487. The largest absolute Gasteiger partial charge is 0.479 e. The summed E-state index contributed by atoms with van der Waals surface area (Å²) in [5.41, 5.74) is 3.33. The summed E-state index contributed by atoms with van der Waals surface area (Å²) in [7, 11) is 0. The van der Waals surface area contributed by atoms with Crippen molar-refractivity contribution in [2.24, 2.45) is 5.16 Å². The normalized spacial score (nSPS) is 12.6. The van der Waals surface area contributed by atoms with Gasteiger partial charge in [-0.15, -0.1) is 0 Å². The maximum absolute atomic E-state index is 11.0. The molecule has 0 aliphatic carbocycles. The number of rotatable bonds is 5. The highest BCUT2D eigenvalue weighted by molar-refractivity contribution is 5.85. The van der Waals surface area contributed by atoms with E-state index in [-0.39, 0.29) is 0 Å². The predicted molar refractivity (Wildman–Crippen MR) is 72.4 cm³/mol. The highest BCUT2D eigenvalue weighted by atomic mass is 16.5. The van der Waals surface area contributed by atoms with E-state index in [2.05, 4.69) is 5.16 Å². The number of carbonyl (C=O) groups is 1. The van der Waals surface area contributed by atoms with Crippen molar-refractivity contribution in [2.45, 2.75) is 40.2 Å². The van der Waals surface area contributed by atoms with Crippen LogP contribution in [-0.4, -0.2) is 28.6 Å². The van der Waals surface area contributed by atoms with Gasteiger partial charge in [0.25, 0.3) is 0 Å². The summed E-state index contributed by atoms with van der Waals surface area (Å²) in [6.45, 7) is 7.34. The molecule has 0 fully saturated rings. The topological polar surface area (TPSA) is 79.1 Å². The van der Waals surface area contributed by atoms with Gasteiger partial charge in [0, 0.05) is 11.1 Å². The number of ether oxygens (including phenoxy) is 1. The van der Waals surface area contributed by atoms with Gasteiger partial charge in [-0.3, -0.25) is 0 Å². The minimum atomic E-state index is -0.987. The molecule has 1 rings (SSSR count). The van der Waals surface area contributed by atoms with Gasteiger partial charge in [0.05, 0.1) is 6.21 Å². The van der Waals surface area contributed by atoms with Crippen molar-refractivity contribution in [1.82, 2.24) is 0 Å². The first-order chi connectivity index (χ1) is 8.92. The number of aryl methyl sites for hydroxylation is 2. The molecule has 0 aliphatic rings. The molecule has 0 aromatic heterocycles. The summed E-state index contributed by atoms with van der Waals surface area (Å²) in [4.78, 5) is 11.0. The molecule has 104 valence electrons. The first-order valence-corrected chi connectivity index (χ1v) is 6.10. The zero-order valence-electron chi connectivity index (χ0n) is 11.6. The summed E-state index contributed by atoms with van der Waals surface area (Å²) >= 11 is 0. The second-order valence-corrected chi connectivity index (χ2v) is 4.48. The smallest absolute Gasteiger partial charge is 0.344 e. The molecule has 0 saturated carbocycles. The second-order valence-electron chi connectivity index (χ2n) is 4.48. The number of aliphatic carboxylic acids is 1. The van der Waals surface area contributed by atoms with Crippen LogP contribution in [0, 0.1) is 20.8 Å². The Balaban J connectivity index is 3.27. The summed E-state index contributed by atoms with van der Waals surface area (Å²) in [6.07, 6.45) is 0.837. The van der Waals surface area contributed by atoms with Gasteiger partial charge in [0.15, 0.2) is 6.10 Å². The monoisotopic (exact) mass is 265 g/mol. The summed E-state index contributed by atoms with van der Waals surface area (Å²) in [6, 6.07) is 1.88. The van der Waals surface area contributed by atoms with Gasteiger partial charge >= 0.3 is 5.97 Å². The molecule has 5 heteroatoms. The van der Waals surface area contributed by atoms with Gasteiger partial charge in [0.2, 0.25) is 0 Å². The maximum Gasteiger partial charge on any atom is 0.344 e. The molecule has 5 nitrogen and oxygen atoms in total. The van der Waals surface area contributed by atoms with Crippen molar-refractivity contribution >= 4 is 12.2 Å². The Labute approximate surface area is 112 Å². The molecule has 1 atom stereocenters. The van der Waals surface area contributed by atoms with Crippen LogP contribution in [0.5, 0.6) is 5.75 Å². The van der Waals surface area contributed by atoms with Gasteiger partial charge in [-0.2, -0.15) is 0 Å². The van der Waals surface area contributed by atoms with Crippen molar-refractivity contribution in [3.8, 4) is 5.75 Å². The van der Waals surface area contributed by atoms with Crippen LogP contribution >= 0.6 is 0 Å². The van der Waals surface area contributed by atoms with E-state index >= 15 is 0 Å². The minimum Gasteiger partial charge on any atom is -0.479 e. The zero-order valence-corrected chi connectivity index (χ0v) is 11.6. The molecule has 0 saturated heterocycles. The molecule has 2 N–H and O–H groups in total. The molecule has 0 radical (unpaired) electrons. The Hall–Kier alpha value is -2.04. The number of nitrogens with zero attached hydrogens (tertiary/aromatic N) is 1. The first kappa shape index (κ1) is 15.0. The van der Waals surface area contributed by atoms with E-state index in [0.717, 1.165) is 22.3 Å². The standard InChI is InChI=1S/C14H19NO4/c1-5-12(14(16)17)19-13-9(3)6-8(2)11(7-15-18)10(13)4/h6-7,12,18H,5H2,1-4H3,(H,16,17). The molecule has 0 aliphatic heterocycles. The first-order valence-electron chi connectivity index (χ1n) is 6.10. The van der Waals surface area contributed by atoms with Crippen LogP contribution in [0.1, 0.15) is 35.6 Å². The molecular weight excluding hydrogens is 246 g/mol. The summed E-state index contributed by atoms with van der Waals surface area (Å²) in [5, 5.41) is 20.8. The van der Waals surface area contributed by atoms with Gasteiger partial charge in [-0.1, -0.05) is 18.1 Å². The van der Waals surface area contributed by atoms with E-state index < -0.39 is 12.1 Å². The number of hydrogen-bond donors (Lipinski definition) is 2. The fourth-order valence-corrected chi connectivity index (χ4v) is 2.07. The third-order valence-electron chi connectivity index (χ3n) is 3.05. The van der Waals surface area contributed by atoms with Crippen molar-refractivity contribution < 1.29 is 19.8 Å². The number of oxime groups is 1. The average Bonchev–Trinajstić information content (AvgIpc) is 2.34. The lowest BCUT2D eigenvalue weighted by atomic mass is 9.99. The average molecular weight is 265 g/mol. The van der Waals surface area contributed by atoms with E-state index in [1.807, 2.05) is 26.8 Å². The molecule has 1 aromatic carbocycles. The van der Waals surface area contributed by atoms with Crippen LogP contribution in [0.2, 0.25) is 0 Å². The van der Waals surface area contributed by atoms with Crippen LogP contribution in [0.15, 0.2) is 11.2 Å². The Kier molecular flexibility index (Phi) is 4.92. The minimum absolute atomic E-state index is 0.380. The van der Waals surface area contributed by atoms with Crippen molar-refractivity contribution in [3.05, 3.63) is 28.3 Å². The highest BCUT2D eigenvalue weighted by Crippen LogP contribution is 2.29. The SMILES string of the molecule is CCC(Oc1c(C)cc(C)c(C=NO)c1C)C(=O)O. The third kappa shape index (κ3) is 3.24. The summed E-state index contributed by atoms with van der Waals surface area (Å²) < 4.78 is 5.59. The van der Waals surface area contributed by atoms with Gasteiger partial charge < -0.3 is 15.1 Å². The van der Waals surface area contributed by atoms with E-state index in [0.29, 0.717) is 12.2 Å². The maximum atomic E-state index is 11.0. The molecule has 1 aromatic rings. The molecule has 19 heavy (non-hydrogen) atoms. The zero-order chi connectivity index (χ0) is 14.6. The van der Waals surface area contributed by atoms with Crippen LogP contribution < -0.4 is 4.74 Å². The van der Waals surface area contributed by atoms with Crippen LogP contribution in [-0.2, 0) is 4.79 Å². The fourth-order valence-electron chi connectivity index (χ4n) is 2.07. The second kappa shape index (κ2) is 6.22. The van der Waals surface area contributed by atoms with Gasteiger partial charge in [-0.05, 0) is 38.3 Å². The lowest BCUT2D eigenvalue weighted by molar-refractivity contribution is -0.145. The Morgan fingerprint density at radius 3 is 2.53 bits per heavy atom. The number of carboxylic acids is 1. The summed E-state index contributed by atoms with van der Waals surface area (Å²) in [5.74, 6) is -0.450. The predicted octanol–water partition coefficient (Wildman–Crippen LogP) is 2.66. The van der Waals surface area contributed by atoms with Crippen LogP contribution in [0.25, 0.3) is 0 Å². The van der Waals surface area contributed by atoms with Crippen molar-refractivity contribution in [3.63, 3.8) is 0 Å². The highest BCUT2D eigenvalue weighted by Gasteiger charge is 2.20. The number of benzene rings is 1. The molecule has 0 heterocycles. The van der Waals surface area contributed by atoms with E-state index in [9.17, 15) is 4.79 Å². The van der Waals surface area contributed by atoms with Gasteiger partial charge in [0.1, 0.15) is 5.75 Å². The van der Waals surface area contributed by atoms with Crippen LogP contribution in [0.4, 0.5) is 0 Å². The Bertz CT molecular complexity index is 509. The molecule has 1 unspecified atom stereocenters. The van der Waals surface area contributed by atoms with Crippen molar-refractivity contribution in [2.75, 3.05) is 0 Å². The van der Waals surface area contributed by atoms with E-state index in [1.165, 1.54) is 6.21 Å². The number of carboxylic acid groups (broad SMARTS) is 1. The van der Waals surface area contributed by atoms with Crippen LogP contribution in [0.3, 0.4) is 0 Å². The Morgan fingerprint density at radius 1 is 1.42 bits per heavy atom. The third-order valence-corrected chi connectivity index (χ3v) is 3.05. The molecule has 0 amide bonds. The number of hydrogen-bond acceptors (Lipinski definition) is 4.